The van der Waals surface area contributed by atoms with Crippen LogP contribution in [-0.4, -0.2) is 4.98 Å². The first-order valence-corrected chi connectivity index (χ1v) is 8.03. The van der Waals surface area contributed by atoms with Crippen LogP contribution in [-0.2, 0) is 18.4 Å². The molecule has 2 N–H and O–H groups in total. The van der Waals surface area contributed by atoms with E-state index in [1.165, 1.54) is 16.1 Å². The number of hydrogen-bond acceptors (Lipinski definition) is 3. The van der Waals surface area contributed by atoms with Crippen LogP contribution in [0, 0.1) is 6.92 Å². The van der Waals surface area contributed by atoms with E-state index in [1.54, 1.807) is 11.3 Å². The number of aromatic nitrogens is 1. The molecule has 2 aromatic rings. The minimum Gasteiger partial charge on any atom is -0.319 e. The lowest BCUT2D eigenvalue weighted by Crippen LogP contribution is -2.35. The topological polar surface area (TPSA) is 38.9 Å². The maximum absolute atomic E-state index is 6.48. The molecule has 1 aromatic heterocycles. The van der Waals surface area contributed by atoms with Gasteiger partial charge in [-0.15, -0.1) is 11.3 Å². The summed E-state index contributed by atoms with van der Waals surface area (Å²) in [5.41, 5.74) is 8.48. The second-order valence-electron chi connectivity index (χ2n) is 5.10. The highest BCUT2D eigenvalue weighted by Crippen LogP contribution is 2.29. The maximum Gasteiger partial charge on any atom is 0.113 e. The molecule has 102 valence electrons. The Morgan fingerprint density at radius 3 is 2.47 bits per heavy atom. The monoisotopic (exact) mass is 338 g/mol. The van der Waals surface area contributed by atoms with Gasteiger partial charge in [0.1, 0.15) is 5.01 Å². The van der Waals surface area contributed by atoms with Crippen LogP contribution in [0.4, 0.5) is 0 Å². The summed E-state index contributed by atoms with van der Waals surface area (Å²) in [6.07, 6.45) is 1.77. The highest BCUT2D eigenvalue weighted by atomic mass is 79.9. The van der Waals surface area contributed by atoms with E-state index in [0.29, 0.717) is 0 Å². The predicted molar refractivity (Wildman–Crippen MR) is 85.6 cm³/mol. The molecule has 1 unspecified atom stereocenters. The molecular weight excluding hydrogens is 320 g/mol. The summed E-state index contributed by atoms with van der Waals surface area (Å²) in [5, 5.41) is 1.03. The van der Waals surface area contributed by atoms with Crippen molar-refractivity contribution in [1.29, 1.82) is 0 Å². The normalized spacial score (nSPS) is 14.4. The third kappa shape index (κ3) is 3.44. The smallest absolute Gasteiger partial charge is 0.113 e. The molecule has 19 heavy (non-hydrogen) atoms. The lowest BCUT2D eigenvalue weighted by Gasteiger charge is -2.22. The Morgan fingerprint density at radius 2 is 1.95 bits per heavy atom. The van der Waals surface area contributed by atoms with Crippen molar-refractivity contribution >= 4 is 27.3 Å². The molecular formula is C15H19BrN2S. The van der Waals surface area contributed by atoms with Crippen molar-refractivity contribution in [2.75, 3.05) is 0 Å². The summed E-state index contributed by atoms with van der Waals surface area (Å²) < 4.78 is 1.09. The average Bonchev–Trinajstić information content (AvgIpc) is 2.74. The maximum atomic E-state index is 6.48. The summed E-state index contributed by atoms with van der Waals surface area (Å²) in [6.45, 7) is 6.32. The van der Waals surface area contributed by atoms with E-state index in [1.807, 2.05) is 0 Å². The number of hydrogen-bond donors (Lipinski definition) is 1. The van der Waals surface area contributed by atoms with Gasteiger partial charge in [-0.1, -0.05) is 35.0 Å². The van der Waals surface area contributed by atoms with Gasteiger partial charge >= 0.3 is 0 Å². The van der Waals surface area contributed by atoms with E-state index in [0.717, 1.165) is 22.3 Å². The molecule has 0 aliphatic heterocycles. The Morgan fingerprint density at radius 1 is 1.32 bits per heavy atom. The van der Waals surface area contributed by atoms with Crippen molar-refractivity contribution in [3.05, 3.63) is 49.9 Å². The van der Waals surface area contributed by atoms with E-state index in [9.17, 15) is 0 Å². The van der Waals surface area contributed by atoms with E-state index in [-0.39, 0.29) is 0 Å². The minimum atomic E-state index is -0.406. The van der Waals surface area contributed by atoms with Gasteiger partial charge < -0.3 is 5.73 Å². The van der Waals surface area contributed by atoms with Crippen LogP contribution in [0.25, 0.3) is 0 Å². The van der Waals surface area contributed by atoms with E-state index in [4.69, 9.17) is 10.7 Å². The van der Waals surface area contributed by atoms with Crippen molar-refractivity contribution in [3.63, 3.8) is 0 Å². The highest BCUT2D eigenvalue weighted by Gasteiger charge is 2.26. The van der Waals surface area contributed by atoms with Crippen LogP contribution in [0.1, 0.15) is 35.0 Å². The lowest BCUT2D eigenvalue weighted by atomic mass is 9.94. The van der Waals surface area contributed by atoms with Crippen LogP contribution in [0.15, 0.2) is 28.7 Å². The Kier molecular flexibility index (Phi) is 4.43. The molecule has 2 rings (SSSR count). The zero-order chi connectivity index (χ0) is 14.0. The van der Waals surface area contributed by atoms with Crippen LogP contribution in [0.3, 0.4) is 0 Å². The first kappa shape index (κ1) is 14.7. The molecule has 1 atom stereocenters. The molecule has 1 heterocycles. The third-order valence-corrected chi connectivity index (χ3v) is 5.02. The summed E-state index contributed by atoms with van der Waals surface area (Å²) in [5.74, 6) is 0. The summed E-state index contributed by atoms with van der Waals surface area (Å²) in [4.78, 5) is 5.98. The predicted octanol–water partition coefficient (Wildman–Crippen LogP) is 4.19. The van der Waals surface area contributed by atoms with Crippen molar-refractivity contribution in [1.82, 2.24) is 4.98 Å². The number of aryl methyl sites for hydroxylation is 2. The molecule has 1 aromatic carbocycles. The van der Waals surface area contributed by atoms with Crippen molar-refractivity contribution in [2.24, 2.45) is 5.73 Å². The highest BCUT2D eigenvalue weighted by molar-refractivity contribution is 9.10. The number of rotatable bonds is 4. The SMILES string of the molecule is CCc1nc(C(C)(N)Cc2ccc(Br)cc2)sc1C. The Balaban J connectivity index is 2.23. The number of halogens is 1. The fourth-order valence-electron chi connectivity index (χ4n) is 2.10. The van der Waals surface area contributed by atoms with Gasteiger partial charge in [0, 0.05) is 9.35 Å². The summed E-state index contributed by atoms with van der Waals surface area (Å²) in [6, 6.07) is 8.32. The van der Waals surface area contributed by atoms with Crippen LogP contribution >= 0.6 is 27.3 Å². The first-order valence-electron chi connectivity index (χ1n) is 6.42. The Bertz CT molecular complexity index is 558. The molecule has 0 amide bonds. The minimum absolute atomic E-state index is 0.406. The molecule has 0 aliphatic rings. The summed E-state index contributed by atoms with van der Waals surface area (Å²) in [7, 11) is 0. The molecule has 0 fully saturated rings. The molecule has 4 heteroatoms. The van der Waals surface area contributed by atoms with E-state index in [2.05, 4.69) is 61.0 Å². The van der Waals surface area contributed by atoms with Gasteiger partial charge in [0.2, 0.25) is 0 Å². The molecule has 0 aliphatic carbocycles. The molecule has 2 nitrogen and oxygen atoms in total. The fraction of sp³-hybridized carbons (Fsp3) is 0.400. The van der Waals surface area contributed by atoms with Gasteiger partial charge in [-0.25, -0.2) is 4.98 Å². The summed E-state index contributed by atoms with van der Waals surface area (Å²) >= 11 is 5.17. The standard InChI is InChI=1S/C15H19BrN2S/c1-4-13-10(2)19-14(18-13)15(3,17)9-11-5-7-12(16)8-6-11/h5-8H,4,9,17H2,1-3H3. The van der Waals surface area contributed by atoms with Crippen molar-refractivity contribution in [2.45, 2.75) is 39.2 Å². The second-order valence-corrected chi connectivity index (χ2v) is 7.22. The number of nitrogens with zero attached hydrogens (tertiary/aromatic N) is 1. The number of nitrogens with two attached hydrogens (primary N) is 1. The molecule has 0 saturated heterocycles. The van der Waals surface area contributed by atoms with E-state index >= 15 is 0 Å². The largest absolute Gasteiger partial charge is 0.319 e. The van der Waals surface area contributed by atoms with Gasteiger partial charge in [-0.2, -0.15) is 0 Å². The second kappa shape index (κ2) is 5.73. The molecule has 0 spiro atoms. The van der Waals surface area contributed by atoms with Crippen LogP contribution in [0.2, 0.25) is 0 Å². The van der Waals surface area contributed by atoms with Gasteiger partial charge in [-0.3, -0.25) is 0 Å². The van der Waals surface area contributed by atoms with Crippen LogP contribution in [0.5, 0.6) is 0 Å². The zero-order valence-corrected chi connectivity index (χ0v) is 13.9. The van der Waals surface area contributed by atoms with Crippen molar-refractivity contribution < 1.29 is 0 Å². The number of benzene rings is 1. The Labute approximate surface area is 127 Å². The zero-order valence-electron chi connectivity index (χ0n) is 11.5. The average molecular weight is 339 g/mol. The van der Waals surface area contributed by atoms with E-state index < -0.39 is 5.54 Å². The Hall–Kier alpha value is -0.710. The van der Waals surface area contributed by atoms with Gasteiger partial charge in [-0.05, 0) is 44.4 Å². The fourth-order valence-corrected chi connectivity index (χ4v) is 3.43. The number of thiazole rings is 1. The van der Waals surface area contributed by atoms with Gasteiger partial charge in [0.15, 0.2) is 0 Å². The molecule has 0 radical (unpaired) electrons. The first-order chi connectivity index (χ1) is 8.92. The van der Waals surface area contributed by atoms with Crippen molar-refractivity contribution in [3.8, 4) is 0 Å². The lowest BCUT2D eigenvalue weighted by molar-refractivity contribution is 0.487. The molecule has 0 bridgehead atoms. The molecule has 0 saturated carbocycles. The van der Waals surface area contributed by atoms with Gasteiger partial charge in [0.25, 0.3) is 0 Å². The third-order valence-electron chi connectivity index (χ3n) is 3.20. The quantitative estimate of drug-likeness (QED) is 0.907. The van der Waals surface area contributed by atoms with Gasteiger partial charge in [0.05, 0.1) is 11.2 Å². The van der Waals surface area contributed by atoms with Crippen LogP contribution < -0.4 is 5.73 Å².